The zero-order valence-corrected chi connectivity index (χ0v) is 13.1. The third-order valence-corrected chi connectivity index (χ3v) is 4.31. The number of rotatable bonds is 7. The van der Waals surface area contributed by atoms with Crippen molar-refractivity contribution in [3.8, 4) is 0 Å². The lowest BCUT2D eigenvalue weighted by molar-refractivity contribution is 0.498. The fourth-order valence-electron chi connectivity index (χ4n) is 2.18. The van der Waals surface area contributed by atoms with Crippen molar-refractivity contribution in [1.82, 2.24) is 5.32 Å². The van der Waals surface area contributed by atoms with Crippen LogP contribution in [0.4, 0.5) is 4.39 Å². The molecule has 1 atom stereocenters. The molecule has 1 aromatic heterocycles. The largest absolute Gasteiger partial charge is 0.310 e. The summed E-state index contributed by atoms with van der Waals surface area (Å²) in [6.45, 7) is 3.09. The second-order valence-electron chi connectivity index (χ2n) is 4.85. The number of thiophene rings is 1. The van der Waals surface area contributed by atoms with Crippen molar-refractivity contribution in [2.45, 2.75) is 32.2 Å². The molecule has 0 spiro atoms. The van der Waals surface area contributed by atoms with Crippen LogP contribution in [0.2, 0.25) is 5.02 Å². The highest BCUT2D eigenvalue weighted by Crippen LogP contribution is 2.24. The Balaban J connectivity index is 2.07. The average molecular weight is 312 g/mol. The Bertz CT molecular complexity index is 527. The van der Waals surface area contributed by atoms with Gasteiger partial charge in [0, 0.05) is 6.04 Å². The predicted octanol–water partition coefficient (Wildman–Crippen LogP) is 5.21. The van der Waals surface area contributed by atoms with Crippen molar-refractivity contribution in [3.63, 3.8) is 0 Å². The summed E-state index contributed by atoms with van der Waals surface area (Å²) in [7, 11) is 0. The molecule has 0 saturated heterocycles. The maximum absolute atomic E-state index is 13.3. The summed E-state index contributed by atoms with van der Waals surface area (Å²) in [5.74, 6) is -0.359. The van der Waals surface area contributed by atoms with Crippen molar-refractivity contribution in [3.05, 3.63) is 57.0 Å². The molecular formula is C16H19ClFNS. The number of nitrogens with one attached hydrogen (secondary N) is 1. The number of hydrogen-bond acceptors (Lipinski definition) is 2. The van der Waals surface area contributed by atoms with Crippen LogP contribution in [0.3, 0.4) is 0 Å². The van der Waals surface area contributed by atoms with Gasteiger partial charge in [-0.05, 0) is 65.9 Å². The molecule has 0 amide bonds. The van der Waals surface area contributed by atoms with E-state index in [1.165, 1.54) is 11.6 Å². The second kappa shape index (κ2) is 7.77. The molecule has 0 aliphatic heterocycles. The minimum Gasteiger partial charge on any atom is -0.310 e. The van der Waals surface area contributed by atoms with E-state index >= 15 is 0 Å². The zero-order valence-electron chi connectivity index (χ0n) is 11.5. The smallest absolute Gasteiger partial charge is 0.141 e. The second-order valence-corrected chi connectivity index (χ2v) is 6.04. The highest BCUT2D eigenvalue weighted by atomic mass is 35.5. The van der Waals surface area contributed by atoms with Crippen LogP contribution in [0.25, 0.3) is 0 Å². The van der Waals surface area contributed by atoms with Gasteiger partial charge in [0.05, 0.1) is 5.02 Å². The number of halogens is 2. The van der Waals surface area contributed by atoms with E-state index in [0.717, 1.165) is 31.4 Å². The first-order valence-corrected chi connectivity index (χ1v) is 8.22. The van der Waals surface area contributed by atoms with Crippen LogP contribution < -0.4 is 5.32 Å². The van der Waals surface area contributed by atoms with E-state index in [9.17, 15) is 4.39 Å². The lowest BCUT2D eigenvalue weighted by Gasteiger charge is -2.19. The van der Waals surface area contributed by atoms with Gasteiger partial charge in [-0.15, -0.1) is 0 Å². The average Bonchev–Trinajstić information content (AvgIpc) is 2.95. The van der Waals surface area contributed by atoms with Crippen molar-refractivity contribution in [2.75, 3.05) is 6.54 Å². The summed E-state index contributed by atoms with van der Waals surface area (Å²) in [6, 6.07) is 7.37. The molecule has 0 aliphatic rings. The molecule has 0 aliphatic carbocycles. The summed E-state index contributed by atoms with van der Waals surface area (Å²) < 4.78 is 13.3. The number of aryl methyl sites for hydroxylation is 1. The molecule has 0 fully saturated rings. The fraction of sp³-hybridized carbons (Fsp3) is 0.375. The molecule has 108 valence electrons. The van der Waals surface area contributed by atoms with Crippen LogP contribution in [0, 0.1) is 5.82 Å². The van der Waals surface area contributed by atoms with E-state index in [0.29, 0.717) is 0 Å². The van der Waals surface area contributed by atoms with Gasteiger partial charge in [0.25, 0.3) is 0 Å². The predicted molar refractivity (Wildman–Crippen MR) is 85.1 cm³/mol. The molecule has 1 nitrogen and oxygen atoms in total. The van der Waals surface area contributed by atoms with Crippen LogP contribution in [-0.4, -0.2) is 6.54 Å². The molecular weight excluding hydrogens is 293 g/mol. The first-order chi connectivity index (χ1) is 9.70. The standard InChI is InChI=1S/C16H19ClFNS/c1-2-8-19-16(6-3-12-7-9-20-11-12)13-4-5-15(18)14(17)10-13/h4-5,7,9-11,16,19H,2-3,6,8H2,1H3. The Morgan fingerprint density at radius 3 is 2.85 bits per heavy atom. The molecule has 0 radical (unpaired) electrons. The minimum atomic E-state index is -0.359. The van der Waals surface area contributed by atoms with Crippen LogP contribution >= 0.6 is 22.9 Å². The maximum Gasteiger partial charge on any atom is 0.141 e. The monoisotopic (exact) mass is 311 g/mol. The molecule has 1 heterocycles. The third kappa shape index (κ3) is 4.30. The topological polar surface area (TPSA) is 12.0 Å². The summed E-state index contributed by atoms with van der Waals surface area (Å²) in [5.41, 5.74) is 2.41. The Labute approximate surface area is 128 Å². The van der Waals surface area contributed by atoms with E-state index in [-0.39, 0.29) is 16.9 Å². The number of hydrogen-bond donors (Lipinski definition) is 1. The van der Waals surface area contributed by atoms with Gasteiger partial charge in [0.15, 0.2) is 0 Å². The SMILES string of the molecule is CCCNC(CCc1ccsc1)c1ccc(F)c(Cl)c1. The van der Waals surface area contributed by atoms with Gasteiger partial charge in [-0.2, -0.15) is 11.3 Å². The molecule has 2 rings (SSSR count). The van der Waals surface area contributed by atoms with Crippen LogP contribution in [0.15, 0.2) is 35.0 Å². The summed E-state index contributed by atoms with van der Waals surface area (Å²) in [4.78, 5) is 0. The summed E-state index contributed by atoms with van der Waals surface area (Å²) >= 11 is 7.61. The molecule has 1 unspecified atom stereocenters. The lowest BCUT2D eigenvalue weighted by atomic mass is 10.00. The molecule has 1 N–H and O–H groups in total. The van der Waals surface area contributed by atoms with Crippen molar-refractivity contribution in [1.29, 1.82) is 0 Å². The van der Waals surface area contributed by atoms with Gasteiger partial charge in [0.2, 0.25) is 0 Å². The van der Waals surface area contributed by atoms with Gasteiger partial charge in [0.1, 0.15) is 5.82 Å². The Hall–Kier alpha value is -0.900. The third-order valence-electron chi connectivity index (χ3n) is 3.29. The highest BCUT2D eigenvalue weighted by Gasteiger charge is 2.13. The van der Waals surface area contributed by atoms with Crippen molar-refractivity contribution >= 4 is 22.9 Å². The molecule has 4 heteroatoms. The van der Waals surface area contributed by atoms with Gasteiger partial charge in [-0.3, -0.25) is 0 Å². The van der Waals surface area contributed by atoms with Gasteiger partial charge in [-0.25, -0.2) is 4.39 Å². The highest BCUT2D eigenvalue weighted by molar-refractivity contribution is 7.07. The molecule has 0 saturated carbocycles. The Kier molecular flexibility index (Phi) is 6.02. The van der Waals surface area contributed by atoms with Crippen LogP contribution in [0.1, 0.15) is 36.9 Å². The van der Waals surface area contributed by atoms with E-state index in [1.807, 2.05) is 6.07 Å². The van der Waals surface area contributed by atoms with E-state index in [4.69, 9.17) is 11.6 Å². The summed E-state index contributed by atoms with van der Waals surface area (Å²) in [5, 5.41) is 7.98. The van der Waals surface area contributed by atoms with E-state index < -0.39 is 0 Å². The van der Waals surface area contributed by atoms with E-state index in [1.54, 1.807) is 17.4 Å². The molecule has 2 aromatic rings. The van der Waals surface area contributed by atoms with Crippen molar-refractivity contribution in [2.24, 2.45) is 0 Å². The number of benzene rings is 1. The van der Waals surface area contributed by atoms with Crippen LogP contribution in [0.5, 0.6) is 0 Å². The van der Waals surface area contributed by atoms with E-state index in [2.05, 4.69) is 29.1 Å². The van der Waals surface area contributed by atoms with Gasteiger partial charge in [-0.1, -0.05) is 24.6 Å². The molecule has 0 bridgehead atoms. The van der Waals surface area contributed by atoms with Crippen molar-refractivity contribution < 1.29 is 4.39 Å². The molecule has 1 aromatic carbocycles. The quantitative estimate of drug-likeness (QED) is 0.739. The maximum atomic E-state index is 13.3. The Morgan fingerprint density at radius 1 is 1.35 bits per heavy atom. The van der Waals surface area contributed by atoms with Gasteiger partial charge >= 0.3 is 0 Å². The summed E-state index contributed by atoms with van der Waals surface area (Å²) in [6.07, 6.45) is 3.07. The zero-order chi connectivity index (χ0) is 14.4. The van der Waals surface area contributed by atoms with Crippen LogP contribution in [-0.2, 0) is 6.42 Å². The Morgan fingerprint density at radius 2 is 2.20 bits per heavy atom. The molecule has 20 heavy (non-hydrogen) atoms. The first kappa shape index (κ1) is 15.5. The minimum absolute atomic E-state index is 0.196. The lowest BCUT2D eigenvalue weighted by Crippen LogP contribution is -2.22. The normalized spacial score (nSPS) is 12.6. The fourth-order valence-corrected chi connectivity index (χ4v) is 3.07. The van der Waals surface area contributed by atoms with Gasteiger partial charge < -0.3 is 5.32 Å². The first-order valence-electron chi connectivity index (χ1n) is 6.90.